The maximum atomic E-state index is 13.0. The Balaban J connectivity index is 1.76. The highest BCUT2D eigenvalue weighted by atomic mass is 32.2. The summed E-state index contributed by atoms with van der Waals surface area (Å²) in [6, 6.07) is 13.6. The number of methoxy groups -OCH3 is 1. The molecular weight excluding hydrogens is 346 g/mol. The van der Waals surface area contributed by atoms with Gasteiger partial charge in [-0.15, -0.1) is 0 Å². The summed E-state index contributed by atoms with van der Waals surface area (Å²) < 4.78 is 27.5. The van der Waals surface area contributed by atoms with Crippen LogP contribution < -0.4 is 9.46 Å². The summed E-state index contributed by atoms with van der Waals surface area (Å²) in [6.07, 6.45) is 8.94. The molecule has 0 amide bonds. The lowest BCUT2D eigenvalue weighted by molar-refractivity contribution is 0.409. The smallest absolute Gasteiger partial charge is 0.178 e. The molecule has 1 N–H and O–H groups in total. The molecular formula is C21H19NO3S. The number of rotatable bonds is 5. The van der Waals surface area contributed by atoms with Crippen molar-refractivity contribution in [3.63, 3.8) is 0 Å². The maximum absolute atomic E-state index is 13.0. The second kappa shape index (κ2) is 7.32. The lowest BCUT2D eigenvalue weighted by Gasteiger charge is -2.08. The number of fused-ring (bicyclic) bond motifs is 3. The highest BCUT2D eigenvalue weighted by molar-refractivity contribution is 7.83. The van der Waals surface area contributed by atoms with Crippen molar-refractivity contribution in [1.29, 1.82) is 0 Å². The Morgan fingerprint density at radius 3 is 2.73 bits per heavy atom. The molecule has 5 heteroatoms. The minimum Gasteiger partial charge on any atom is -0.493 e. The van der Waals surface area contributed by atoms with Gasteiger partial charge in [-0.05, 0) is 30.2 Å². The summed E-state index contributed by atoms with van der Waals surface area (Å²) >= 11 is 0. The minimum absolute atomic E-state index is 0.525. The molecule has 26 heavy (non-hydrogen) atoms. The quantitative estimate of drug-likeness (QED) is 0.714. The zero-order valence-electron chi connectivity index (χ0n) is 14.4. The molecule has 132 valence electrons. The second-order valence-electron chi connectivity index (χ2n) is 5.97. The van der Waals surface area contributed by atoms with Crippen molar-refractivity contribution in [2.45, 2.75) is 17.9 Å². The predicted octanol–water partition coefficient (Wildman–Crippen LogP) is 4.68. The Kier molecular flexibility index (Phi) is 4.73. The SMILES string of the molecule is COc1ccc(S(=O)NCc2ccccc2)c2c3c(oc12)C=CCC=C3. The van der Waals surface area contributed by atoms with E-state index in [1.54, 1.807) is 13.2 Å². The largest absolute Gasteiger partial charge is 0.493 e. The summed E-state index contributed by atoms with van der Waals surface area (Å²) in [4.78, 5) is 0.696. The van der Waals surface area contributed by atoms with Crippen molar-refractivity contribution >= 4 is 34.1 Å². The van der Waals surface area contributed by atoms with Gasteiger partial charge in [0.15, 0.2) is 11.3 Å². The molecule has 4 rings (SSSR count). The van der Waals surface area contributed by atoms with E-state index in [0.717, 1.165) is 28.7 Å². The van der Waals surface area contributed by atoms with E-state index >= 15 is 0 Å². The number of ether oxygens (including phenoxy) is 1. The molecule has 4 nitrogen and oxygen atoms in total. The third kappa shape index (κ3) is 3.11. The van der Waals surface area contributed by atoms with Crippen LogP contribution in [0.5, 0.6) is 5.75 Å². The van der Waals surface area contributed by atoms with Crippen molar-refractivity contribution in [1.82, 2.24) is 4.72 Å². The van der Waals surface area contributed by atoms with Crippen molar-refractivity contribution in [2.75, 3.05) is 7.11 Å². The van der Waals surface area contributed by atoms with Gasteiger partial charge in [0, 0.05) is 17.5 Å². The van der Waals surface area contributed by atoms with Crippen LogP contribution in [-0.2, 0) is 17.5 Å². The molecule has 1 atom stereocenters. The van der Waals surface area contributed by atoms with Crippen LogP contribution in [0.4, 0.5) is 0 Å². The molecule has 0 bridgehead atoms. The minimum atomic E-state index is -1.37. The molecule has 1 aliphatic rings. The van der Waals surface area contributed by atoms with Gasteiger partial charge in [-0.2, -0.15) is 0 Å². The monoisotopic (exact) mass is 365 g/mol. The molecule has 0 saturated carbocycles. The molecule has 0 aliphatic heterocycles. The Morgan fingerprint density at radius 1 is 1.12 bits per heavy atom. The zero-order valence-corrected chi connectivity index (χ0v) is 15.2. The van der Waals surface area contributed by atoms with Crippen LogP contribution >= 0.6 is 0 Å². The fraction of sp³-hybridized carbons (Fsp3) is 0.143. The Morgan fingerprint density at radius 2 is 1.92 bits per heavy atom. The fourth-order valence-corrected chi connectivity index (χ4v) is 4.09. The standard InChI is InChI=1S/C21H19NO3S/c1-24-18-12-13-19(26(23)22-14-15-8-4-2-5-9-15)20-16-10-6-3-7-11-17(16)25-21(18)20/h2,4-13,22H,3,14H2,1H3. The average Bonchev–Trinajstić information content (AvgIpc) is 2.88. The number of allylic oxidation sites excluding steroid dienone is 2. The van der Waals surface area contributed by atoms with Crippen molar-refractivity contribution in [3.05, 3.63) is 71.5 Å². The lowest BCUT2D eigenvalue weighted by atomic mass is 10.1. The first kappa shape index (κ1) is 16.8. The predicted molar refractivity (Wildman–Crippen MR) is 105 cm³/mol. The maximum Gasteiger partial charge on any atom is 0.178 e. The van der Waals surface area contributed by atoms with E-state index in [-0.39, 0.29) is 0 Å². The van der Waals surface area contributed by atoms with E-state index in [1.807, 2.05) is 54.6 Å². The lowest BCUT2D eigenvalue weighted by Crippen LogP contribution is -2.17. The number of hydrogen-bond donors (Lipinski definition) is 1. The molecule has 1 aliphatic carbocycles. The molecule has 0 fully saturated rings. The van der Waals surface area contributed by atoms with E-state index in [2.05, 4.69) is 10.8 Å². The second-order valence-corrected chi connectivity index (χ2v) is 7.23. The van der Waals surface area contributed by atoms with Gasteiger partial charge in [-0.1, -0.05) is 48.6 Å². The Bertz CT molecular complexity index is 1020. The van der Waals surface area contributed by atoms with E-state index < -0.39 is 11.0 Å². The molecule has 0 spiro atoms. The first-order chi connectivity index (χ1) is 12.8. The molecule has 1 unspecified atom stereocenters. The third-order valence-corrected chi connectivity index (χ3v) is 5.47. The molecule has 3 aromatic rings. The van der Waals surface area contributed by atoms with Crippen LogP contribution in [-0.4, -0.2) is 11.3 Å². The van der Waals surface area contributed by atoms with E-state index in [1.165, 1.54) is 0 Å². The summed E-state index contributed by atoms with van der Waals surface area (Å²) in [5.41, 5.74) is 2.65. The first-order valence-electron chi connectivity index (χ1n) is 8.43. The van der Waals surface area contributed by atoms with Gasteiger partial charge in [0.1, 0.15) is 16.7 Å². The highest BCUT2D eigenvalue weighted by Crippen LogP contribution is 2.38. The van der Waals surface area contributed by atoms with Crippen LogP contribution in [0.1, 0.15) is 23.3 Å². The van der Waals surface area contributed by atoms with Crippen molar-refractivity contribution < 1.29 is 13.4 Å². The number of hydrogen-bond acceptors (Lipinski definition) is 3. The van der Waals surface area contributed by atoms with Crippen LogP contribution in [0.3, 0.4) is 0 Å². The summed E-state index contributed by atoms with van der Waals surface area (Å²) in [7, 11) is 0.235. The van der Waals surface area contributed by atoms with E-state index in [0.29, 0.717) is 22.8 Å². The topological polar surface area (TPSA) is 51.5 Å². The summed E-state index contributed by atoms with van der Waals surface area (Å²) in [5.74, 6) is 1.40. The third-order valence-electron chi connectivity index (χ3n) is 4.33. The van der Waals surface area contributed by atoms with Crippen LogP contribution in [0.2, 0.25) is 0 Å². The van der Waals surface area contributed by atoms with Gasteiger partial charge in [0.2, 0.25) is 0 Å². The fourth-order valence-electron chi connectivity index (χ4n) is 3.06. The van der Waals surface area contributed by atoms with Crippen molar-refractivity contribution in [2.24, 2.45) is 0 Å². The van der Waals surface area contributed by atoms with Gasteiger partial charge in [0.05, 0.1) is 12.0 Å². The van der Waals surface area contributed by atoms with Gasteiger partial charge >= 0.3 is 0 Å². The first-order valence-corrected chi connectivity index (χ1v) is 9.58. The molecule has 2 aromatic carbocycles. The summed E-state index contributed by atoms with van der Waals surface area (Å²) in [5, 5.41) is 0.834. The van der Waals surface area contributed by atoms with Gasteiger partial charge in [-0.25, -0.2) is 8.93 Å². The van der Waals surface area contributed by atoms with E-state index in [4.69, 9.17) is 9.15 Å². The zero-order chi connectivity index (χ0) is 17.9. The normalized spacial score (nSPS) is 14.2. The van der Waals surface area contributed by atoms with E-state index in [9.17, 15) is 4.21 Å². The number of furan rings is 1. The Labute approximate surface area is 154 Å². The highest BCUT2D eigenvalue weighted by Gasteiger charge is 2.21. The molecule has 1 aromatic heterocycles. The molecule has 0 saturated heterocycles. The van der Waals surface area contributed by atoms with Gasteiger partial charge in [-0.3, -0.25) is 0 Å². The Hall–Kier alpha value is -2.63. The van der Waals surface area contributed by atoms with Gasteiger partial charge < -0.3 is 9.15 Å². The number of benzene rings is 2. The van der Waals surface area contributed by atoms with Crippen LogP contribution in [0.15, 0.2) is 63.9 Å². The van der Waals surface area contributed by atoms with Gasteiger partial charge in [0.25, 0.3) is 0 Å². The average molecular weight is 365 g/mol. The van der Waals surface area contributed by atoms with Crippen molar-refractivity contribution in [3.8, 4) is 5.75 Å². The molecule has 1 heterocycles. The summed E-state index contributed by atoms with van der Waals surface area (Å²) in [6.45, 7) is 0.525. The van der Waals surface area contributed by atoms with Crippen LogP contribution in [0, 0.1) is 0 Å². The van der Waals surface area contributed by atoms with Crippen LogP contribution in [0.25, 0.3) is 23.1 Å². The number of nitrogens with one attached hydrogen (secondary N) is 1. The molecule has 0 radical (unpaired) electrons.